The van der Waals surface area contributed by atoms with Crippen LogP contribution in [0.1, 0.15) is 0 Å². The summed E-state index contributed by atoms with van der Waals surface area (Å²) < 4.78 is 5.92. The predicted octanol–water partition coefficient (Wildman–Crippen LogP) is 5.87. The van der Waals surface area contributed by atoms with Crippen LogP contribution in [0, 0.1) is 0 Å². The normalized spacial score (nSPS) is 11.8. The minimum absolute atomic E-state index is 0.343. The van der Waals surface area contributed by atoms with Crippen LogP contribution in [0.5, 0.6) is 0 Å². The van der Waals surface area contributed by atoms with Crippen LogP contribution in [0.15, 0.2) is 92.3 Å². The first-order valence-electron chi connectivity index (χ1n) is 14.3. The quantitative estimate of drug-likeness (QED) is 0.180. The number of nitrogens with one attached hydrogen (secondary N) is 4. The number of aryl methyl sites for hydroxylation is 2. The van der Waals surface area contributed by atoms with E-state index in [2.05, 4.69) is 42.7 Å². The lowest BCUT2D eigenvalue weighted by Gasteiger charge is -2.15. The van der Waals surface area contributed by atoms with Gasteiger partial charge in [0, 0.05) is 98.0 Å². The molecule has 9 aromatic rings. The molecule has 0 radical (unpaired) electrons. The maximum atomic E-state index is 5.11. The second kappa shape index (κ2) is 9.50. The van der Waals surface area contributed by atoms with Gasteiger partial charge in [-0.15, -0.1) is 0 Å². The summed E-state index contributed by atoms with van der Waals surface area (Å²) in [7, 11) is 3.99. The third-order valence-corrected chi connectivity index (χ3v) is 7.89. The van der Waals surface area contributed by atoms with Crippen LogP contribution in [-0.2, 0) is 14.1 Å². The standard InChI is InChI=1S/C32H25N13/c1-43-10-6-18(16-43)37-24-14-33-12-22(24)26-20-4-5-21-27(23-13-34-15-25(23)38-19-7-11-44(2)17-19)40-32-42-30(29-35-8-3-9-36-29)41-31(39-26)45(32)28(20)21/h3-17,33-34,37-38H,1-2H3. The van der Waals surface area contributed by atoms with E-state index in [1.807, 2.05) is 89.3 Å². The number of rotatable bonds is 7. The van der Waals surface area contributed by atoms with E-state index in [1.54, 1.807) is 18.5 Å². The smallest absolute Gasteiger partial charge is 0.239 e. The molecule has 1 aromatic carbocycles. The summed E-state index contributed by atoms with van der Waals surface area (Å²) in [6, 6.07) is 10.0. The minimum atomic E-state index is 0.343. The lowest BCUT2D eigenvalue weighted by atomic mass is 10.1. The van der Waals surface area contributed by atoms with Gasteiger partial charge in [-0.05, 0) is 30.3 Å². The van der Waals surface area contributed by atoms with Gasteiger partial charge in [0.25, 0.3) is 0 Å². The van der Waals surface area contributed by atoms with Crippen molar-refractivity contribution in [3.63, 3.8) is 0 Å². The van der Waals surface area contributed by atoms with Gasteiger partial charge in [-0.1, -0.05) is 0 Å². The SMILES string of the molecule is Cn1ccc(Nc2c[nH]cc2-c2nc3nc(-c4ncccn4)nc4nc(-c5c[nH]cc5Nc5ccn(C)c5)c5ccc2c5n34)c1. The topological polar surface area (TPSA) is 147 Å². The summed E-state index contributed by atoms with van der Waals surface area (Å²) in [4.78, 5) is 35.3. The van der Waals surface area contributed by atoms with Crippen molar-refractivity contribution in [2.75, 3.05) is 10.6 Å². The molecule has 13 heteroatoms. The Morgan fingerprint density at radius 1 is 0.622 bits per heavy atom. The van der Waals surface area contributed by atoms with Crippen molar-refractivity contribution < 1.29 is 0 Å². The number of aromatic amines is 2. The average molecular weight is 592 g/mol. The van der Waals surface area contributed by atoms with Gasteiger partial charge >= 0.3 is 0 Å². The van der Waals surface area contributed by atoms with Gasteiger partial charge in [-0.25, -0.2) is 24.3 Å². The van der Waals surface area contributed by atoms with Crippen LogP contribution >= 0.6 is 0 Å². The highest BCUT2D eigenvalue weighted by atomic mass is 15.2. The summed E-state index contributed by atoms with van der Waals surface area (Å²) in [5.41, 5.74) is 8.04. The Morgan fingerprint density at radius 2 is 1.16 bits per heavy atom. The number of H-pyrrole nitrogens is 2. The molecule has 218 valence electrons. The predicted molar refractivity (Wildman–Crippen MR) is 173 cm³/mol. The molecule has 9 rings (SSSR count). The zero-order valence-electron chi connectivity index (χ0n) is 24.2. The van der Waals surface area contributed by atoms with Crippen LogP contribution in [0.2, 0.25) is 0 Å². The van der Waals surface area contributed by atoms with E-state index < -0.39 is 0 Å². The zero-order valence-corrected chi connectivity index (χ0v) is 24.2. The number of nitrogens with zero attached hydrogens (tertiary/aromatic N) is 9. The number of aromatic nitrogens is 11. The van der Waals surface area contributed by atoms with Gasteiger partial charge in [-0.3, -0.25) is 0 Å². The van der Waals surface area contributed by atoms with E-state index in [1.165, 1.54) is 0 Å². The zero-order chi connectivity index (χ0) is 30.1. The van der Waals surface area contributed by atoms with Crippen molar-refractivity contribution in [2.24, 2.45) is 14.1 Å². The van der Waals surface area contributed by atoms with E-state index in [9.17, 15) is 0 Å². The Hall–Kier alpha value is -6.50. The molecule has 0 fully saturated rings. The molecule has 0 unspecified atom stereocenters. The summed E-state index contributed by atoms with van der Waals surface area (Å²) in [5, 5.41) is 8.96. The molecule has 13 nitrogen and oxygen atoms in total. The van der Waals surface area contributed by atoms with Crippen LogP contribution in [0.4, 0.5) is 22.7 Å². The molecule has 0 aliphatic carbocycles. The largest absolute Gasteiger partial charge is 0.365 e. The third kappa shape index (κ3) is 4.01. The molecule has 8 aromatic heterocycles. The number of hydrogen-bond donors (Lipinski definition) is 4. The fraction of sp³-hybridized carbons (Fsp3) is 0.0625. The molecule has 0 aliphatic rings. The van der Waals surface area contributed by atoms with Crippen LogP contribution < -0.4 is 10.6 Å². The fourth-order valence-electron chi connectivity index (χ4n) is 5.88. The highest BCUT2D eigenvalue weighted by Crippen LogP contribution is 2.41. The maximum Gasteiger partial charge on any atom is 0.239 e. The van der Waals surface area contributed by atoms with E-state index in [0.29, 0.717) is 23.2 Å². The number of anilines is 4. The highest BCUT2D eigenvalue weighted by molar-refractivity contribution is 6.12. The van der Waals surface area contributed by atoms with Crippen molar-refractivity contribution in [2.45, 2.75) is 0 Å². The molecule has 0 bridgehead atoms. The molecular formula is C32H25N13. The first-order valence-corrected chi connectivity index (χ1v) is 14.3. The molecule has 0 atom stereocenters. The Bertz CT molecular complexity index is 2330. The Labute approximate surface area is 255 Å². The van der Waals surface area contributed by atoms with Crippen molar-refractivity contribution in [3.8, 4) is 34.2 Å². The lowest BCUT2D eigenvalue weighted by Crippen LogP contribution is -2.09. The molecule has 0 saturated heterocycles. The summed E-state index contributed by atoms with van der Waals surface area (Å²) in [6.45, 7) is 0. The van der Waals surface area contributed by atoms with Crippen molar-refractivity contribution in [1.29, 1.82) is 0 Å². The second-order valence-electron chi connectivity index (χ2n) is 10.9. The van der Waals surface area contributed by atoms with E-state index in [-0.39, 0.29) is 0 Å². The van der Waals surface area contributed by atoms with Gasteiger partial charge in [0.15, 0.2) is 5.82 Å². The molecule has 45 heavy (non-hydrogen) atoms. The van der Waals surface area contributed by atoms with E-state index in [4.69, 9.17) is 19.9 Å². The first-order chi connectivity index (χ1) is 22.1. The van der Waals surface area contributed by atoms with Gasteiger partial charge < -0.3 is 29.7 Å². The van der Waals surface area contributed by atoms with Crippen molar-refractivity contribution in [3.05, 3.63) is 92.3 Å². The monoisotopic (exact) mass is 591 g/mol. The lowest BCUT2D eigenvalue weighted by molar-refractivity contribution is 0.928. The minimum Gasteiger partial charge on any atom is -0.365 e. The first kappa shape index (κ1) is 25.0. The van der Waals surface area contributed by atoms with Gasteiger partial charge in [0.1, 0.15) is 0 Å². The molecular weight excluding hydrogens is 566 g/mol. The maximum absolute atomic E-state index is 5.11. The molecule has 0 amide bonds. The van der Waals surface area contributed by atoms with Gasteiger partial charge in [-0.2, -0.15) is 9.97 Å². The Balaban J connectivity index is 1.30. The second-order valence-corrected chi connectivity index (χ2v) is 10.9. The molecule has 0 saturated carbocycles. The summed E-state index contributed by atoms with van der Waals surface area (Å²) in [6.07, 6.45) is 19.2. The highest BCUT2D eigenvalue weighted by Gasteiger charge is 2.24. The fourth-order valence-corrected chi connectivity index (χ4v) is 5.88. The van der Waals surface area contributed by atoms with Crippen molar-refractivity contribution >= 4 is 50.6 Å². The molecule has 4 N–H and O–H groups in total. The number of hydrogen-bond acceptors (Lipinski definition) is 8. The van der Waals surface area contributed by atoms with Crippen LogP contribution in [0.25, 0.3) is 62.0 Å². The summed E-state index contributed by atoms with van der Waals surface area (Å²) in [5.74, 6) is 1.63. The Kier molecular flexibility index (Phi) is 5.29. The van der Waals surface area contributed by atoms with E-state index in [0.717, 1.165) is 61.6 Å². The third-order valence-electron chi connectivity index (χ3n) is 7.89. The van der Waals surface area contributed by atoms with Crippen LogP contribution in [0.3, 0.4) is 0 Å². The molecule has 0 aliphatic heterocycles. The van der Waals surface area contributed by atoms with Gasteiger partial charge in [0.05, 0.1) is 39.7 Å². The molecule has 8 heterocycles. The van der Waals surface area contributed by atoms with Crippen molar-refractivity contribution in [1.82, 2.24) is 53.4 Å². The summed E-state index contributed by atoms with van der Waals surface area (Å²) >= 11 is 0. The average Bonchev–Trinajstić information content (AvgIpc) is 3.89. The molecule has 0 spiro atoms. The van der Waals surface area contributed by atoms with Gasteiger partial charge in [0.2, 0.25) is 17.4 Å². The van der Waals surface area contributed by atoms with E-state index >= 15 is 0 Å². The van der Waals surface area contributed by atoms with Crippen LogP contribution in [-0.4, -0.2) is 53.4 Å². The Morgan fingerprint density at radius 3 is 1.64 bits per heavy atom.